The Hall–Kier alpha value is -2.41. The molecule has 0 bridgehead atoms. The Morgan fingerprint density at radius 2 is 2.04 bits per heavy atom. The molecular weight excluding hydrogens is 358 g/mol. The zero-order valence-corrected chi connectivity index (χ0v) is 14.3. The highest BCUT2D eigenvalue weighted by Crippen LogP contribution is 2.27. The van der Waals surface area contributed by atoms with Crippen LogP contribution in [-0.4, -0.2) is 26.5 Å². The lowest BCUT2D eigenvalue weighted by atomic mass is 10.2. The molecule has 0 fully saturated rings. The number of carbonyl (C=O) groups excluding carboxylic acids is 1. The van der Waals surface area contributed by atoms with Gasteiger partial charge in [-0.05, 0) is 44.2 Å². The van der Waals surface area contributed by atoms with E-state index in [2.05, 4.69) is 36.8 Å². The number of amides is 1. The number of anilines is 2. The molecule has 0 spiro atoms. The van der Waals surface area contributed by atoms with Crippen molar-refractivity contribution in [3.05, 3.63) is 52.9 Å². The molecule has 0 saturated carbocycles. The molecule has 0 radical (unpaired) electrons. The van der Waals surface area contributed by atoms with E-state index in [9.17, 15) is 4.79 Å². The average molecular weight is 374 g/mol. The number of rotatable bonds is 4. The molecular formula is C16H16BrN5O. The number of nitrogens with one attached hydrogen (secondary N) is 2. The normalized spacial score (nSPS) is 11.0. The SMILES string of the molecule is CC(C)Nc1ccc(Br)cc1NC(=O)c1ccc2nncn2c1. The first kappa shape index (κ1) is 15.5. The monoisotopic (exact) mass is 373 g/mol. The van der Waals surface area contributed by atoms with Crippen molar-refractivity contribution in [3.63, 3.8) is 0 Å². The molecule has 0 aliphatic carbocycles. The van der Waals surface area contributed by atoms with Crippen LogP contribution in [0.3, 0.4) is 0 Å². The fourth-order valence-electron chi connectivity index (χ4n) is 2.21. The zero-order valence-electron chi connectivity index (χ0n) is 12.7. The number of benzene rings is 1. The minimum absolute atomic E-state index is 0.189. The van der Waals surface area contributed by atoms with E-state index in [-0.39, 0.29) is 11.9 Å². The Morgan fingerprint density at radius 3 is 2.83 bits per heavy atom. The number of carbonyl (C=O) groups is 1. The molecule has 6 nitrogen and oxygen atoms in total. The summed E-state index contributed by atoms with van der Waals surface area (Å²) < 4.78 is 2.61. The Labute approximate surface area is 142 Å². The summed E-state index contributed by atoms with van der Waals surface area (Å²) in [6.45, 7) is 4.10. The Kier molecular flexibility index (Phi) is 4.29. The van der Waals surface area contributed by atoms with Crippen LogP contribution in [0.1, 0.15) is 24.2 Å². The van der Waals surface area contributed by atoms with Gasteiger partial charge < -0.3 is 10.6 Å². The summed E-state index contributed by atoms with van der Waals surface area (Å²) in [5.41, 5.74) is 2.84. The fraction of sp³-hybridized carbons (Fsp3) is 0.188. The average Bonchev–Trinajstić information content (AvgIpc) is 2.97. The second kappa shape index (κ2) is 6.37. The van der Waals surface area contributed by atoms with Gasteiger partial charge in [0, 0.05) is 16.7 Å². The molecule has 1 amide bonds. The molecule has 0 saturated heterocycles. The molecule has 118 valence electrons. The van der Waals surface area contributed by atoms with Gasteiger partial charge in [-0.3, -0.25) is 9.20 Å². The van der Waals surface area contributed by atoms with Gasteiger partial charge in [0.25, 0.3) is 5.91 Å². The van der Waals surface area contributed by atoms with Crippen LogP contribution in [0.5, 0.6) is 0 Å². The van der Waals surface area contributed by atoms with E-state index >= 15 is 0 Å². The number of fused-ring (bicyclic) bond motifs is 1. The lowest BCUT2D eigenvalue weighted by Gasteiger charge is -2.16. The molecule has 3 rings (SSSR count). The van der Waals surface area contributed by atoms with Gasteiger partial charge in [-0.2, -0.15) is 0 Å². The lowest BCUT2D eigenvalue weighted by Crippen LogP contribution is -2.16. The van der Waals surface area contributed by atoms with E-state index in [1.54, 1.807) is 29.1 Å². The maximum atomic E-state index is 12.5. The summed E-state index contributed by atoms with van der Waals surface area (Å²) in [4.78, 5) is 12.5. The summed E-state index contributed by atoms with van der Waals surface area (Å²) in [5, 5.41) is 14.0. The predicted molar refractivity (Wildman–Crippen MR) is 93.8 cm³/mol. The molecule has 0 aliphatic heterocycles. The third-order valence-electron chi connectivity index (χ3n) is 3.23. The molecule has 1 aromatic carbocycles. The molecule has 0 atom stereocenters. The van der Waals surface area contributed by atoms with Gasteiger partial charge in [-0.1, -0.05) is 15.9 Å². The van der Waals surface area contributed by atoms with E-state index in [0.717, 1.165) is 15.8 Å². The third-order valence-corrected chi connectivity index (χ3v) is 3.72. The molecule has 23 heavy (non-hydrogen) atoms. The number of hydrogen-bond donors (Lipinski definition) is 2. The van der Waals surface area contributed by atoms with E-state index in [0.29, 0.717) is 11.2 Å². The highest BCUT2D eigenvalue weighted by Gasteiger charge is 2.11. The molecule has 0 aliphatic rings. The number of aromatic nitrogens is 3. The van der Waals surface area contributed by atoms with Crippen LogP contribution >= 0.6 is 15.9 Å². The van der Waals surface area contributed by atoms with Crippen molar-refractivity contribution in [1.29, 1.82) is 0 Å². The van der Waals surface area contributed by atoms with E-state index in [4.69, 9.17) is 0 Å². The Bertz CT molecular complexity index is 859. The smallest absolute Gasteiger partial charge is 0.257 e. The third kappa shape index (κ3) is 3.50. The minimum atomic E-state index is -0.189. The zero-order chi connectivity index (χ0) is 16.4. The summed E-state index contributed by atoms with van der Waals surface area (Å²) in [6, 6.07) is 9.50. The molecule has 2 heterocycles. The van der Waals surface area contributed by atoms with Crippen molar-refractivity contribution in [3.8, 4) is 0 Å². The Morgan fingerprint density at radius 1 is 1.22 bits per heavy atom. The lowest BCUT2D eigenvalue weighted by molar-refractivity contribution is 0.102. The van der Waals surface area contributed by atoms with Crippen molar-refractivity contribution in [2.75, 3.05) is 10.6 Å². The second-order valence-corrected chi connectivity index (χ2v) is 6.37. The fourth-order valence-corrected chi connectivity index (χ4v) is 2.57. The van der Waals surface area contributed by atoms with Crippen LogP contribution in [0.2, 0.25) is 0 Å². The summed E-state index contributed by atoms with van der Waals surface area (Å²) in [5.74, 6) is -0.189. The first-order valence-corrected chi connectivity index (χ1v) is 7.99. The quantitative estimate of drug-likeness (QED) is 0.733. The van der Waals surface area contributed by atoms with E-state index in [1.807, 2.05) is 32.0 Å². The minimum Gasteiger partial charge on any atom is -0.381 e. The number of nitrogens with zero attached hydrogens (tertiary/aromatic N) is 3. The largest absolute Gasteiger partial charge is 0.381 e. The number of hydrogen-bond acceptors (Lipinski definition) is 4. The molecule has 0 unspecified atom stereocenters. The van der Waals surface area contributed by atoms with Gasteiger partial charge in [0.15, 0.2) is 5.65 Å². The van der Waals surface area contributed by atoms with Crippen molar-refractivity contribution in [2.45, 2.75) is 19.9 Å². The maximum Gasteiger partial charge on any atom is 0.257 e. The van der Waals surface area contributed by atoms with Crippen LogP contribution in [-0.2, 0) is 0 Å². The van der Waals surface area contributed by atoms with E-state index < -0.39 is 0 Å². The first-order chi connectivity index (χ1) is 11.0. The molecule has 3 aromatic rings. The van der Waals surface area contributed by atoms with Crippen molar-refractivity contribution in [2.24, 2.45) is 0 Å². The highest BCUT2D eigenvalue weighted by molar-refractivity contribution is 9.10. The van der Waals surface area contributed by atoms with Crippen molar-refractivity contribution >= 4 is 38.9 Å². The van der Waals surface area contributed by atoms with Gasteiger partial charge in [-0.25, -0.2) is 0 Å². The molecule has 2 N–H and O–H groups in total. The highest BCUT2D eigenvalue weighted by atomic mass is 79.9. The van der Waals surface area contributed by atoms with Crippen LogP contribution in [0, 0.1) is 0 Å². The van der Waals surface area contributed by atoms with Gasteiger partial charge in [0.2, 0.25) is 0 Å². The second-order valence-electron chi connectivity index (χ2n) is 5.46. The Balaban J connectivity index is 1.88. The number of pyridine rings is 1. The topological polar surface area (TPSA) is 71.3 Å². The summed E-state index contributed by atoms with van der Waals surface area (Å²) in [7, 11) is 0. The summed E-state index contributed by atoms with van der Waals surface area (Å²) in [6.07, 6.45) is 3.27. The predicted octanol–water partition coefficient (Wildman–Crippen LogP) is 3.56. The maximum absolute atomic E-state index is 12.5. The van der Waals surface area contributed by atoms with Gasteiger partial charge in [0.05, 0.1) is 16.9 Å². The standard InChI is InChI=1S/C16H16BrN5O/c1-10(2)19-13-5-4-12(17)7-14(13)20-16(23)11-3-6-15-21-18-9-22(15)8-11/h3-10,19H,1-2H3,(H,20,23). The molecule has 2 aromatic heterocycles. The van der Waals surface area contributed by atoms with Crippen LogP contribution < -0.4 is 10.6 Å². The van der Waals surface area contributed by atoms with E-state index in [1.165, 1.54) is 0 Å². The van der Waals surface area contributed by atoms with Gasteiger partial charge in [0.1, 0.15) is 6.33 Å². The van der Waals surface area contributed by atoms with Crippen molar-refractivity contribution < 1.29 is 4.79 Å². The van der Waals surface area contributed by atoms with Crippen LogP contribution in [0.25, 0.3) is 5.65 Å². The van der Waals surface area contributed by atoms with Gasteiger partial charge >= 0.3 is 0 Å². The van der Waals surface area contributed by atoms with Crippen LogP contribution in [0.15, 0.2) is 47.3 Å². The number of halogens is 1. The van der Waals surface area contributed by atoms with Crippen molar-refractivity contribution in [1.82, 2.24) is 14.6 Å². The van der Waals surface area contributed by atoms with Gasteiger partial charge in [-0.15, -0.1) is 10.2 Å². The molecule has 7 heteroatoms. The van der Waals surface area contributed by atoms with Crippen LogP contribution in [0.4, 0.5) is 11.4 Å². The summed E-state index contributed by atoms with van der Waals surface area (Å²) >= 11 is 3.44. The first-order valence-electron chi connectivity index (χ1n) is 7.20.